The molecule has 0 atom stereocenters. The third-order valence-corrected chi connectivity index (χ3v) is 7.25. The Morgan fingerprint density at radius 2 is 1.62 bits per heavy atom. The molecule has 32 heavy (non-hydrogen) atoms. The zero-order valence-electron chi connectivity index (χ0n) is 17.9. The van der Waals surface area contributed by atoms with Crippen molar-refractivity contribution in [2.75, 3.05) is 12.4 Å². The third-order valence-electron chi connectivity index (χ3n) is 5.20. The molecule has 1 amide bonds. The molecule has 4 rings (SSSR count). The summed E-state index contributed by atoms with van der Waals surface area (Å²) in [6, 6.07) is 20.4. The number of carbonyl (C=O) groups excluding carboxylic acids is 1. The standard InChI is InChI=1S/C24H23N3O4S/c1-16(2)27(3)32(29,30)20-14-10-17(11-15-20)23(28)25-19-12-8-18(9-13-19)24-26-21-6-4-5-7-22(21)31-24/h4-16H,1-3H3,(H,25,28). The van der Waals surface area contributed by atoms with E-state index in [2.05, 4.69) is 10.3 Å². The normalized spacial score (nSPS) is 11.9. The van der Waals surface area contributed by atoms with Crippen molar-refractivity contribution in [3.05, 3.63) is 78.4 Å². The fourth-order valence-corrected chi connectivity index (χ4v) is 4.48. The summed E-state index contributed by atoms with van der Waals surface area (Å²) in [6.45, 7) is 3.60. The van der Waals surface area contributed by atoms with Crippen LogP contribution in [0.2, 0.25) is 0 Å². The Morgan fingerprint density at radius 1 is 0.969 bits per heavy atom. The molecule has 0 bridgehead atoms. The van der Waals surface area contributed by atoms with Crippen molar-refractivity contribution in [2.45, 2.75) is 24.8 Å². The molecule has 0 aliphatic carbocycles. The average molecular weight is 450 g/mol. The predicted octanol–water partition coefficient (Wildman–Crippen LogP) is 4.78. The first-order chi connectivity index (χ1) is 15.3. The Labute approximate surface area is 186 Å². The van der Waals surface area contributed by atoms with Gasteiger partial charge >= 0.3 is 0 Å². The van der Waals surface area contributed by atoms with Crippen molar-refractivity contribution in [1.29, 1.82) is 0 Å². The highest BCUT2D eigenvalue weighted by molar-refractivity contribution is 7.89. The lowest BCUT2D eigenvalue weighted by molar-refractivity contribution is 0.102. The summed E-state index contributed by atoms with van der Waals surface area (Å²) in [4.78, 5) is 17.2. The molecule has 1 aromatic heterocycles. The van der Waals surface area contributed by atoms with Gasteiger partial charge in [0, 0.05) is 29.9 Å². The SMILES string of the molecule is CC(C)N(C)S(=O)(=O)c1ccc(C(=O)Nc2ccc(-c3nc4ccccc4o3)cc2)cc1. The molecule has 1 N–H and O–H groups in total. The van der Waals surface area contributed by atoms with Crippen LogP contribution in [0.4, 0.5) is 5.69 Å². The van der Waals surface area contributed by atoms with E-state index in [0.29, 0.717) is 22.7 Å². The number of fused-ring (bicyclic) bond motifs is 1. The number of anilines is 1. The Bertz CT molecular complexity index is 1330. The molecule has 0 saturated carbocycles. The van der Waals surface area contributed by atoms with Crippen LogP contribution in [0, 0.1) is 0 Å². The van der Waals surface area contributed by atoms with Gasteiger partial charge in [0.1, 0.15) is 5.52 Å². The predicted molar refractivity (Wildman–Crippen MR) is 124 cm³/mol. The highest BCUT2D eigenvalue weighted by Crippen LogP contribution is 2.25. The van der Waals surface area contributed by atoms with Crippen LogP contribution >= 0.6 is 0 Å². The summed E-state index contributed by atoms with van der Waals surface area (Å²) in [5.74, 6) is 0.174. The Balaban J connectivity index is 1.47. The molecule has 7 nitrogen and oxygen atoms in total. The van der Waals surface area contributed by atoms with Gasteiger partial charge in [-0.15, -0.1) is 0 Å². The number of amides is 1. The van der Waals surface area contributed by atoms with E-state index in [9.17, 15) is 13.2 Å². The van der Waals surface area contributed by atoms with Gasteiger partial charge in [-0.25, -0.2) is 13.4 Å². The minimum Gasteiger partial charge on any atom is -0.436 e. The average Bonchev–Trinajstić information content (AvgIpc) is 3.23. The molecule has 0 unspecified atom stereocenters. The number of sulfonamides is 1. The van der Waals surface area contributed by atoms with Gasteiger partial charge in [0.05, 0.1) is 4.90 Å². The molecule has 1 heterocycles. The monoisotopic (exact) mass is 449 g/mol. The molecular formula is C24H23N3O4S. The van der Waals surface area contributed by atoms with E-state index in [1.165, 1.54) is 35.6 Å². The molecule has 164 valence electrons. The van der Waals surface area contributed by atoms with Gasteiger partial charge in [0.2, 0.25) is 15.9 Å². The molecule has 0 aliphatic rings. The third kappa shape index (κ3) is 4.28. The number of rotatable bonds is 6. The zero-order chi connectivity index (χ0) is 22.9. The number of benzene rings is 3. The number of nitrogens with one attached hydrogen (secondary N) is 1. The van der Waals surface area contributed by atoms with E-state index in [1.807, 2.05) is 36.4 Å². The molecule has 4 aromatic rings. The summed E-state index contributed by atoms with van der Waals surface area (Å²) in [6.07, 6.45) is 0. The summed E-state index contributed by atoms with van der Waals surface area (Å²) in [5.41, 5.74) is 3.25. The minimum atomic E-state index is -3.59. The highest BCUT2D eigenvalue weighted by atomic mass is 32.2. The Kier molecular flexibility index (Phi) is 5.82. The summed E-state index contributed by atoms with van der Waals surface area (Å²) in [5, 5.41) is 2.81. The van der Waals surface area contributed by atoms with E-state index in [4.69, 9.17) is 4.42 Å². The lowest BCUT2D eigenvalue weighted by atomic mass is 10.2. The fraction of sp³-hybridized carbons (Fsp3) is 0.167. The maximum Gasteiger partial charge on any atom is 0.255 e. The van der Waals surface area contributed by atoms with Crippen LogP contribution in [0.1, 0.15) is 24.2 Å². The number of hydrogen-bond acceptors (Lipinski definition) is 5. The number of oxazole rings is 1. The number of carbonyl (C=O) groups is 1. The fourth-order valence-electron chi connectivity index (χ4n) is 3.12. The van der Waals surface area contributed by atoms with Crippen LogP contribution in [0.25, 0.3) is 22.6 Å². The van der Waals surface area contributed by atoms with Gasteiger partial charge in [-0.05, 0) is 74.5 Å². The number of nitrogens with zero attached hydrogens (tertiary/aromatic N) is 2. The number of hydrogen-bond donors (Lipinski definition) is 1. The van der Waals surface area contributed by atoms with Gasteiger partial charge in [0.15, 0.2) is 5.58 Å². The first-order valence-electron chi connectivity index (χ1n) is 10.1. The second-order valence-corrected chi connectivity index (χ2v) is 9.66. The van der Waals surface area contributed by atoms with E-state index in [0.717, 1.165) is 11.1 Å². The van der Waals surface area contributed by atoms with E-state index >= 15 is 0 Å². The van der Waals surface area contributed by atoms with Crippen molar-refractivity contribution in [1.82, 2.24) is 9.29 Å². The van der Waals surface area contributed by atoms with Gasteiger partial charge < -0.3 is 9.73 Å². The second kappa shape index (κ2) is 8.57. The van der Waals surface area contributed by atoms with Crippen molar-refractivity contribution < 1.29 is 17.6 Å². The van der Waals surface area contributed by atoms with Crippen molar-refractivity contribution in [3.63, 3.8) is 0 Å². The zero-order valence-corrected chi connectivity index (χ0v) is 18.8. The first-order valence-corrected chi connectivity index (χ1v) is 11.5. The maximum absolute atomic E-state index is 12.6. The second-order valence-electron chi connectivity index (χ2n) is 7.66. The molecule has 0 aliphatic heterocycles. The topological polar surface area (TPSA) is 92.5 Å². The van der Waals surface area contributed by atoms with Crippen LogP contribution in [0.15, 0.2) is 82.1 Å². The first kappa shape index (κ1) is 21.7. The Morgan fingerprint density at radius 3 is 2.25 bits per heavy atom. The van der Waals surface area contributed by atoms with Crippen LogP contribution in [0.5, 0.6) is 0 Å². The van der Waals surface area contributed by atoms with E-state index in [-0.39, 0.29) is 16.8 Å². The lowest BCUT2D eigenvalue weighted by Gasteiger charge is -2.21. The van der Waals surface area contributed by atoms with Crippen LogP contribution < -0.4 is 5.32 Å². The molecule has 0 fully saturated rings. The van der Waals surface area contributed by atoms with Gasteiger partial charge in [-0.1, -0.05) is 12.1 Å². The number of aromatic nitrogens is 1. The molecule has 8 heteroatoms. The molecule has 0 spiro atoms. The largest absolute Gasteiger partial charge is 0.436 e. The van der Waals surface area contributed by atoms with Gasteiger partial charge in [-0.3, -0.25) is 4.79 Å². The minimum absolute atomic E-state index is 0.146. The van der Waals surface area contributed by atoms with E-state index < -0.39 is 10.0 Å². The summed E-state index contributed by atoms with van der Waals surface area (Å²) >= 11 is 0. The Hall–Kier alpha value is -3.49. The summed E-state index contributed by atoms with van der Waals surface area (Å²) in [7, 11) is -2.06. The van der Waals surface area contributed by atoms with Crippen molar-refractivity contribution >= 4 is 32.7 Å². The van der Waals surface area contributed by atoms with Gasteiger partial charge in [-0.2, -0.15) is 4.31 Å². The lowest BCUT2D eigenvalue weighted by Crippen LogP contribution is -2.33. The van der Waals surface area contributed by atoms with Crippen LogP contribution in [-0.4, -0.2) is 36.7 Å². The maximum atomic E-state index is 12.6. The van der Waals surface area contributed by atoms with Crippen molar-refractivity contribution in [3.8, 4) is 11.5 Å². The number of para-hydroxylation sites is 2. The van der Waals surface area contributed by atoms with Crippen LogP contribution in [-0.2, 0) is 10.0 Å². The molecular weight excluding hydrogens is 426 g/mol. The van der Waals surface area contributed by atoms with Crippen molar-refractivity contribution in [2.24, 2.45) is 0 Å². The summed E-state index contributed by atoms with van der Waals surface area (Å²) < 4.78 is 32.2. The molecule has 0 radical (unpaired) electrons. The quantitative estimate of drug-likeness (QED) is 0.457. The van der Waals surface area contributed by atoms with E-state index in [1.54, 1.807) is 26.0 Å². The highest BCUT2D eigenvalue weighted by Gasteiger charge is 2.23. The molecule has 3 aromatic carbocycles. The molecule has 0 saturated heterocycles. The van der Waals surface area contributed by atoms with Gasteiger partial charge in [0.25, 0.3) is 5.91 Å². The van der Waals surface area contributed by atoms with Crippen LogP contribution in [0.3, 0.4) is 0 Å². The smallest absolute Gasteiger partial charge is 0.255 e.